The molecule has 2 fully saturated rings. The lowest BCUT2D eigenvalue weighted by atomic mass is 10.2. The fourth-order valence-corrected chi connectivity index (χ4v) is 3.58. The van der Waals surface area contributed by atoms with E-state index < -0.39 is 0 Å². The predicted molar refractivity (Wildman–Crippen MR) is 98.9 cm³/mol. The maximum absolute atomic E-state index is 12.5. The molecule has 0 aliphatic carbocycles. The summed E-state index contributed by atoms with van der Waals surface area (Å²) < 4.78 is 0. The van der Waals surface area contributed by atoms with E-state index >= 15 is 0 Å². The molecular weight excluding hydrogens is 340 g/mol. The van der Waals surface area contributed by atoms with Gasteiger partial charge in [-0.05, 0) is 18.2 Å². The summed E-state index contributed by atoms with van der Waals surface area (Å²) in [6.07, 6.45) is 0. The van der Waals surface area contributed by atoms with Gasteiger partial charge in [0.25, 0.3) is 0 Å². The molecule has 6 nitrogen and oxygen atoms in total. The molecule has 136 valence electrons. The van der Waals surface area contributed by atoms with Gasteiger partial charge in [0, 0.05) is 70.0 Å². The van der Waals surface area contributed by atoms with E-state index in [9.17, 15) is 9.59 Å². The standard InChI is InChI=1S/C18H25ClN4O2/c1-15(24)21-9-11-23(12-10-21)18(25)14-20-5-7-22(8-6-20)17-4-2-3-16(19)13-17/h2-4,13H,5-12,14H2,1H3. The van der Waals surface area contributed by atoms with E-state index in [1.807, 2.05) is 23.1 Å². The number of amides is 2. The highest BCUT2D eigenvalue weighted by molar-refractivity contribution is 6.30. The van der Waals surface area contributed by atoms with Crippen molar-refractivity contribution in [1.82, 2.24) is 14.7 Å². The number of carbonyl (C=O) groups is 2. The van der Waals surface area contributed by atoms with Crippen LogP contribution in [0.4, 0.5) is 5.69 Å². The Labute approximate surface area is 153 Å². The molecule has 0 radical (unpaired) electrons. The first kappa shape index (κ1) is 18.0. The van der Waals surface area contributed by atoms with Crippen LogP contribution >= 0.6 is 11.6 Å². The number of nitrogens with zero attached hydrogens (tertiary/aromatic N) is 4. The summed E-state index contributed by atoms with van der Waals surface area (Å²) in [6, 6.07) is 7.90. The normalized spacial score (nSPS) is 19.2. The minimum absolute atomic E-state index is 0.0873. The zero-order chi connectivity index (χ0) is 17.8. The Morgan fingerprint density at radius 3 is 2.20 bits per heavy atom. The van der Waals surface area contributed by atoms with Gasteiger partial charge >= 0.3 is 0 Å². The molecule has 0 unspecified atom stereocenters. The molecule has 0 N–H and O–H groups in total. The maximum atomic E-state index is 12.5. The first-order valence-corrected chi connectivity index (χ1v) is 9.17. The Kier molecular flexibility index (Phi) is 5.81. The van der Waals surface area contributed by atoms with Crippen molar-refractivity contribution < 1.29 is 9.59 Å². The highest BCUT2D eigenvalue weighted by atomic mass is 35.5. The van der Waals surface area contributed by atoms with Crippen molar-refractivity contribution in [2.45, 2.75) is 6.92 Å². The molecule has 2 saturated heterocycles. The summed E-state index contributed by atoms with van der Waals surface area (Å²) in [5, 5.41) is 0.750. The second kappa shape index (κ2) is 8.06. The smallest absolute Gasteiger partial charge is 0.236 e. The summed E-state index contributed by atoms with van der Waals surface area (Å²) in [6.45, 7) is 8.13. The topological polar surface area (TPSA) is 47.1 Å². The molecule has 0 saturated carbocycles. The van der Waals surface area contributed by atoms with Crippen molar-refractivity contribution in [3.05, 3.63) is 29.3 Å². The van der Waals surface area contributed by atoms with E-state index in [0.29, 0.717) is 32.7 Å². The number of anilines is 1. The van der Waals surface area contributed by atoms with E-state index in [-0.39, 0.29) is 11.8 Å². The molecule has 2 aliphatic rings. The van der Waals surface area contributed by atoms with Gasteiger partial charge < -0.3 is 14.7 Å². The molecular formula is C18H25ClN4O2. The van der Waals surface area contributed by atoms with E-state index in [2.05, 4.69) is 15.9 Å². The van der Waals surface area contributed by atoms with E-state index in [4.69, 9.17) is 11.6 Å². The number of hydrogen-bond acceptors (Lipinski definition) is 4. The summed E-state index contributed by atoms with van der Waals surface area (Å²) in [7, 11) is 0. The van der Waals surface area contributed by atoms with Gasteiger partial charge in [0.2, 0.25) is 11.8 Å². The van der Waals surface area contributed by atoms with Crippen molar-refractivity contribution in [2.24, 2.45) is 0 Å². The lowest BCUT2D eigenvalue weighted by Gasteiger charge is -2.38. The predicted octanol–water partition coefficient (Wildman–Crippen LogP) is 1.15. The molecule has 0 spiro atoms. The zero-order valence-electron chi connectivity index (χ0n) is 14.7. The van der Waals surface area contributed by atoms with E-state index in [1.165, 1.54) is 0 Å². The van der Waals surface area contributed by atoms with Crippen LogP contribution in [0.5, 0.6) is 0 Å². The SMILES string of the molecule is CC(=O)N1CCN(C(=O)CN2CCN(c3cccc(Cl)c3)CC2)CC1. The Morgan fingerprint density at radius 2 is 1.60 bits per heavy atom. The molecule has 1 aromatic carbocycles. The third-order valence-electron chi connectivity index (χ3n) is 4.98. The van der Waals surface area contributed by atoms with E-state index in [0.717, 1.165) is 36.9 Å². The summed E-state index contributed by atoms with van der Waals surface area (Å²) >= 11 is 6.07. The molecule has 0 aromatic heterocycles. The molecule has 7 heteroatoms. The Bertz CT molecular complexity index is 623. The number of carbonyl (C=O) groups excluding carboxylic acids is 2. The average molecular weight is 365 g/mol. The van der Waals surface area contributed by atoms with Gasteiger partial charge in [0.15, 0.2) is 0 Å². The minimum atomic E-state index is 0.0873. The summed E-state index contributed by atoms with van der Waals surface area (Å²) in [5.41, 5.74) is 1.14. The van der Waals surface area contributed by atoms with Crippen LogP contribution in [0.3, 0.4) is 0 Å². The van der Waals surface area contributed by atoms with Crippen molar-refractivity contribution >= 4 is 29.1 Å². The lowest BCUT2D eigenvalue weighted by Crippen LogP contribution is -2.54. The average Bonchev–Trinajstić information content (AvgIpc) is 2.62. The minimum Gasteiger partial charge on any atom is -0.369 e. The van der Waals surface area contributed by atoms with Crippen LogP contribution in [0.15, 0.2) is 24.3 Å². The van der Waals surface area contributed by atoms with Gasteiger partial charge in [-0.3, -0.25) is 14.5 Å². The Morgan fingerprint density at radius 1 is 0.960 bits per heavy atom. The van der Waals surface area contributed by atoms with Crippen LogP contribution in [0.1, 0.15) is 6.92 Å². The number of hydrogen-bond donors (Lipinski definition) is 0. The lowest BCUT2D eigenvalue weighted by molar-refractivity contribution is -0.139. The fourth-order valence-electron chi connectivity index (χ4n) is 3.40. The quantitative estimate of drug-likeness (QED) is 0.807. The fraction of sp³-hybridized carbons (Fsp3) is 0.556. The Hall–Kier alpha value is -1.79. The highest BCUT2D eigenvalue weighted by Gasteiger charge is 2.25. The number of piperazine rings is 2. The molecule has 2 aliphatic heterocycles. The van der Waals surface area contributed by atoms with Crippen LogP contribution < -0.4 is 4.90 Å². The van der Waals surface area contributed by atoms with Crippen LogP contribution in [-0.2, 0) is 9.59 Å². The van der Waals surface area contributed by atoms with Gasteiger partial charge in [0.05, 0.1) is 6.54 Å². The van der Waals surface area contributed by atoms with Crippen molar-refractivity contribution in [3.63, 3.8) is 0 Å². The van der Waals surface area contributed by atoms with Crippen LogP contribution in [0.2, 0.25) is 5.02 Å². The van der Waals surface area contributed by atoms with Crippen LogP contribution in [-0.4, -0.2) is 85.4 Å². The summed E-state index contributed by atoms with van der Waals surface area (Å²) in [5.74, 6) is 0.253. The van der Waals surface area contributed by atoms with Gasteiger partial charge in [-0.15, -0.1) is 0 Å². The van der Waals surface area contributed by atoms with Gasteiger partial charge in [-0.2, -0.15) is 0 Å². The van der Waals surface area contributed by atoms with Crippen molar-refractivity contribution in [1.29, 1.82) is 0 Å². The molecule has 0 atom stereocenters. The molecule has 1 aromatic rings. The van der Waals surface area contributed by atoms with Gasteiger partial charge in [-0.25, -0.2) is 0 Å². The first-order chi connectivity index (χ1) is 12.0. The maximum Gasteiger partial charge on any atom is 0.236 e. The number of rotatable bonds is 3. The van der Waals surface area contributed by atoms with Gasteiger partial charge in [0.1, 0.15) is 0 Å². The molecule has 2 amide bonds. The molecule has 3 rings (SSSR count). The largest absolute Gasteiger partial charge is 0.369 e. The zero-order valence-corrected chi connectivity index (χ0v) is 15.4. The Balaban J connectivity index is 1.44. The second-order valence-corrected chi connectivity index (χ2v) is 7.07. The van der Waals surface area contributed by atoms with Crippen molar-refractivity contribution in [3.8, 4) is 0 Å². The van der Waals surface area contributed by atoms with E-state index in [1.54, 1.807) is 11.8 Å². The first-order valence-electron chi connectivity index (χ1n) is 8.79. The molecule has 2 heterocycles. The summed E-state index contributed by atoms with van der Waals surface area (Å²) in [4.78, 5) is 32.0. The van der Waals surface area contributed by atoms with Crippen molar-refractivity contribution in [2.75, 3.05) is 63.8 Å². The molecule has 0 bridgehead atoms. The second-order valence-electron chi connectivity index (χ2n) is 6.63. The third kappa shape index (κ3) is 4.64. The molecule has 25 heavy (non-hydrogen) atoms. The van der Waals surface area contributed by atoms with Crippen LogP contribution in [0, 0.1) is 0 Å². The van der Waals surface area contributed by atoms with Crippen LogP contribution in [0.25, 0.3) is 0 Å². The number of benzene rings is 1. The number of halogens is 1. The third-order valence-corrected chi connectivity index (χ3v) is 5.22. The monoisotopic (exact) mass is 364 g/mol. The highest BCUT2D eigenvalue weighted by Crippen LogP contribution is 2.20. The van der Waals surface area contributed by atoms with Gasteiger partial charge in [-0.1, -0.05) is 17.7 Å².